The minimum absolute atomic E-state index is 0.0290. The lowest BCUT2D eigenvalue weighted by Gasteiger charge is -2.21. The first kappa shape index (κ1) is 14.1. The first-order valence-electron chi connectivity index (χ1n) is 6.66. The van der Waals surface area contributed by atoms with Gasteiger partial charge in [0.2, 0.25) is 0 Å². The second-order valence-corrected chi connectivity index (χ2v) is 5.06. The lowest BCUT2D eigenvalue weighted by molar-refractivity contribution is -0.147. The number of carboxylic acid groups (broad SMARTS) is 1. The quantitative estimate of drug-likeness (QED) is 0.634. The summed E-state index contributed by atoms with van der Waals surface area (Å²) in [6.45, 7) is 2.12. The van der Waals surface area contributed by atoms with Crippen LogP contribution < -0.4 is 10.6 Å². The molecule has 0 spiro atoms. The summed E-state index contributed by atoms with van der Waals surface area (Å²) in [7, 11) is 1.31. The molecule has 3 N–H and O–H groups in total. The monoisotopic (exact) mass is 271 g/mol. The van der Waals surface area contributed by atoms with Crippen molar-refractivity contribution in [3.05, 3.63) is 0 Å². The third kappa shape index (κ3) is 3.36. The molecule has 0 bridgehead atoms. The molecular formula is C12H21N3O4. The molecule has 0 aromatic carbocycles. The number of urea groups is 1. The molecule has 2 amide bonds. The van der Waals surface area contributed by atoms with Gasteiger partial charge in [0.15, 0.2) is 6.10 Å². The van der Waals surface area contributed by atoms with E-state index < -0.39 is 12.1 Å². The zero-order valence-electron chi connectivity index (χ0n) is 11.1. The topological polar surface area (TPSA) is 90.9 Å². The SMILES string of the molecule is COC(CNC(=O)NC1CCN2CCCC12)C(=O)O. The van der Waals surface area contributed by atoms with Gasteiger partial charge in [-0.3, -0.25) is 4.90 Å². The summed E-state index contributed by atoms with van der Waals surface area (Å²) >= 11 is 0. The molecule has 108 valence electrons. The summed E-state index contributed by atoms with van der Waals surface area (Å²) in [4.78, 5) is 24.9. The Kier molecular flexibility index (Phi) is 4.60. The number of amides is 2. The molecule has 2 aliphatic heterocycles. The molecule has 7 heteroatoms. The molecule has 3 unspecified atom stereocenters. The molecule has 0 radical (unpaired) electrons. The highest BCUT2D eigenvalue weighted by atomic mass is 16.5. The van der Waals surface area contributed by atoms with Crippen molar-refractivity contribution in [2.45, 2.75) is 37.5 Å². The Morgan fingerprint density at radius 2 is 2.21 bits per heavy atom. The zero-order chi connectivity index (χ0) is 13.8. The van der Waals surface area contributed by atoms with Crippen LogP contribution in [-0.2, 0) is 9.53 Å². The number of nitrogens with one attached hydrogen (secondary N) is 2. The number of carbonyl (C=O) groups excluding carboxylic acids is 1. The average Bonchev–Trinajstić information content (AvgIpc) is 2.94. The lowest BCUT2D eigenvalue weighted by atomic mass is 10.1. The van der Waals surface area contributed by atoms with Gasteiger partial charge in [-0.2, -0.15) is 0 Å². The maximum Gasteiger partial charge on any atom is 0.334 e. The normalized spacial score (nSPS) is 27.8. The van der Waals surface area contributed by atoms with Gasteiger partial charge in [-0.1, -0.05) is 0 Å². The number of methoxy groups -OCH3 is 1. The Balaban J connectivity index is 1.74. The zero-order valence-corrected chi connectivity index (χ0v) is 11.1. The largest absolute Gasteiger partial charge is 0.479 e. The third-order valence-corrected chi connectivity index (χ3v) is 3.93. The van der Waals surface area contributed by atoms with Crippen molar-refractivity contribution < 1.29 is 19.4 Å². The highest BCUT2D eigenvalue weighted by Crippen LogP contribution is 2.27. The van der Waals surface area contributed by atoms with Crippen LogP contribution in [0.15, 0.2) is 0 Å². The van der Waals surface area contributed by atoms with E-state index in [1.807, 2.05) is 0 Å². The molecule has 2 heterocycles. The summed E-state index contributed by atoms with van der Waals surface area (Å²) in [5, 5.41) is 14.3. The maximum absolute atomic E-state index is 11.7. The van der Waals surface area contributed by atoms with Crippen LogP contribution in [0.25, 0.3) is 0 Å². The highest BCUT2D eigenvalue weighted by Gasteiger charge is 2.37. The van der Waals surface area contributed by atoms with Crippen LogP contribution >= 0.6 is 0 Å². The predicted octanol–water partition coefficient (Wildman–Crippen LogP) is -0.378. The minimum Gasteiger partial charge on any atom is -0.479 e. The maximum atomic E-state index is 11.7. The standard InChI is InChI=1S/C12H21N3O4/c1-19-10(11(16)17)7-13-12(18)14-8-4-6-15-5-2-3-9(8)15/h8-10H,2-7H2,1H3,(H,16,17)(H2,13,14,18). The van der Waals surface area contributed by atoms with Crippen LogP contribution in [-0.4, -0.2) is 66.9 Å². The third-order valence-electron chi connectivity index (χ3n) is 3.93. The highest BCUT2D eigenvalue weighted by molar-refractivity contribution is 5.77. The van der Waals surface area contributed by atoms with Crippen molar-refractivity contribution >= 4 is 12.0 Å². The van der Waals surface area contributed by atoms with Crippen molar-refractivity contribution in [2.24, 2.45) is 0 Å². The van der Waals surface area contributed by atoms with Crippen LogP contribution in [0.5, 0.6) is 0 Å². The fourth-order valence-corrected chi connectivity index (χ4v) is 2.93. The van der Waals surface area contributed by atoms with Crippen LogP contribution in [0.4, 0.5) is 4.79 Å². The van der Waals surface area contributed by atoms with Crippen molar-refractivity contribution in [3.8, 4) is 0 Å². The molecular weight excluding hydrogens is 250 g/mol. The molecule has 0 aromatic heterocycles. The molecule has 7 nitrogen and oxygen atoms in total. The summed E-state index contributed by atoms with van der Waals surface area (Å²) in [5.74, 6) is -1.08. The van der Waals surface area contributed by atoms with Crippen molar-refractivity contribution in [2.75, 3.05) is 26.7 Å². The van der Waals surface area contributed by atoms with Crippen LogP contribution in [0, 0.1) is 0 Å². The van der Waals surface area contributed by atoms with Crippen molar-refractivity contribution in [3.63, 3.8) is 0 Å². The number of carboxylic acids is 1. The molecule has 19 heavy (non-hydrogen) atoms. The number of carbonyl (C=O) groups is 2. The fourth-order valence-electron chi connectivity index (χ4n) is 2.93. The van der Waals surface area contributed by atoms with E-state index in [-0.39, 0.29) is 18.6 Å². The lowest BCUT2D eigenvalue weighted by Crippen LogP contribution is -2.49. The van der Waals surface area contributed by atoms with E-state index >= 15 is 0 Å². The summed E-state index contributed by atoms with van der Waals surface area (Å²) in [6, 6.07) is 0.304. The van der Waals surface area contributed by atoms with Gasteiger partial charge in [0.1, 0.15) is 0 Å². The number of hydrogen-bond donors (Lipinski definition) is 3. The van der Waals surface area contributed by atoms with E-state index in [4.69, 9.17) is 9.84 Å². The summed E-state index contributed by atoms with van der Waals surface area (Å²) in [6.07, 6.45) is 2.28. The summed E-state index contributed by atoms with van der Waals surface area (Å²) in [5.41, 5.74) is 0. The Morgan fingerprint density at radius 1 is 1.42 bits per heavy atom. The smallest absolute Gasteiger partial charge is 0.334 e. The molecule has 2 fully saturated rings. The van der Waals surface area contributed by atoms with Gasteiger partial charge in [0, 0.05) is 25.7 Å². The number of aliphatic carboxylic acids is 1. The van der Waals surface area contributed by atoms with Gasteiger partial charge in [0.25, 0.3) is 0 Å². The molecule has 0 aromatic rings. The first-order chi connectivity index (χ1) is 9.11. The molecule has 0 saturated carbocycles. The Hall–Kier alpha value is -1.34. The molecule has 2 rings (SSSR count). The van der Waals surface area contributed by atoms with E-state index in [1.165, 1.54) is 13.5 Å². The van der Waals surface area contributed by atoms with E-state index in [0.717, 1.165) is 25.9 Å². The second kappa shape index (κ2) is 6.21. The number of hydrogen-bond acceptors (Lipinski definition) is 4. The average molecular weight is 271 g/mol. The minimum atomic E-state index is -1.08. The van der Waals surface area contributed by atoms with Gasteiger partial charge in [-0.15, -0.1) is 0 Å². The van der Waals surface area contributed by atoms with E-state index in [1.54, 1.807) is 0 Å². The number of ether oxygens (including phenoxy) is 1. The van der Waals surface area contributed by atoms with Gasteiger partial charge in [-0.05, 0) is 25.8 Å². The van der Waals surface area contributed by atoms with Gasteiger partial charge in [-0.25, -0.2) is 9.59 Å². The van der Waals surface area contributed by atoms with Crippen molar-refractivity contribution in [1.82, 2.24) is 15.5 Å². The molecule has 2 aliphatic rings. The summed E-state index contributed by atoms with van der Waals surface area (Å²) < 4.78 is 4.75. The number of nitrogens with zero attached hydrogens (tertiary/aromatic N) is 1. The fraction of sp³-hybridized carbons (Fsp3) is 0.833. The Bertz CT molecular complexity index is 350. The van der Waals surface area contributed by atoms with Gasteiger partial charge < -0.3 is 20.5 Å². The van der Waals surface area contributed by atoms with Gasteiger partial charge >= 0.3 is 12.0 Å². The van der Waals surface area contributed by atoms with E-state index in [9.17, 15) is 9.59 Å². The number of fused-ring (bicyclic) bond motifs is 1. The Labute approximate surface area is 112 Å². The van der Waals surface area contributed by atoms with Crippen LogP contribution in [0.2, 0.25) is 0 Å². The van der Waals surface area contributed by atoms with Crippen LogP contribution in [0.1, 0.15) is 19.3 Å². The number of rotatable bonds is 5. The van der Waals surface area contributed by atoms with Crippen LogP contribution in [0.3, 0.4) is 0 Å². The first-order valence-corrected chi connectivity index (χ1v) is 6.66. The Morgan fingerprint density at radius 3 is 2.89 bits per heavy atom. The molecule has 2 saturated heterocycles. The van der Waals surface area contributed by atoms with E-state index in [0.29, 0.717) is 6.04 Å². The molecule has 3 atom stereocenters. The van der Waals surface area contributed by atoms with E-state index in [2.05, 4.69) is 15.5 Å². The van der Waals surface area contributed by atoms with Gasteiger partial charge in [0.05, 0.1) is 6.54 Å². The van der Waals surface area contributed by atoms with Crippen molar-refractivity contribution in [1.29, 1.82) is 0 Å². The molecule has 0 aliphatic carbocycles. The predicted molar refractivity (Wildman–Crippen MR) is 68.0 cm³/mol. The second-order valence-electron chi connectivity index (χ2n) is 5.06.